The lowest BCUT2D eigenvalue weighted by atomic mass is 10.1. The first-order valence-corrected chi connectivity index (χ1v) is 10.0. The van der Waals surface area contributed by atoms with Crippen LogP contribution in [0.1, 0.15) is 23.2 Å². The van der Waals surface area contributed by atoms with Crippen LogP contribution in [0.4, 0.5) is 8.78 Å². The number of aromatic nitrogens is 6. The third-order valence-corrected chi connectivity index (χ3v) is 5.50. The van der Waals surface area contributed by atoms with Crippen LogP contribution in [0, 0.1) is 0 Å². The highest BCUT2D eigenvalue weighted by Crippen LogP contribution is 2.29. The molecule has 9 nitrogen and oxygen atoms in total. The van der Waals surface area contributed by atoms with Crippen molar-refractivity contribution in [2.75, 3.05) is 20.2 Å². The monoisotopic (exact) mass is 439 g/mol. The van der Waals surface area contributed by atoms with Gasteiger partial charge in [0.2, 0.25) is 0 Å². The summed E-state index contributed by atoms with van der Waals surface area (Å²) in [5.41, 5.74) is 2.34. The SMILES string of the molecule is COc1cc(-c2nnc[nH]2)cc(-n2ncc3cc(C(=O)N4CCC(F)(F)CC4)cnc32)c1. The first-order valence-electron chi connectivity index (χ1n) is 10.0. The molecule has 0 unspecified atom stereocenters. The number of H-pyrrole nitrogens is 1. The predicted octanol–water partition coefficient (Wildman–Crippen LogP) is 3.09. The minimum absolute atomic E-state index is 0.0252. The summed E-state index contributed by atoms with van der Waals surface area (Å²) in [5, 5.41) is 12.9. The van der Waals surface area contributed by atoms with Crippen molar-refractivity contribution in [1.82, 2.24) is 34.8 Å². The second kappa shape index (κ2) is 7.66. The van der Waals surface area contributed by atoms with Gasteiger partial charge in [0.25, 0.3) is 11.8 Å². The van der Waals surface area contributed by atoms with E-state index in [-0.39, 0.29) is 31.8 Å². The Hall–Kier alpha value is -3.89. The van der Waals surface area contributed by atoms with E-state index in [4.69, 9.17) is 4.74 Å². The summed E-state index contributed by atoms with van der Waals surface area (Å²) in [4.78, 5) is 21.6. The van der Waals surface area contributed by atoms with Gasteiger partial charge in [-0.1, -0.05) is 0 Å². The molecular formula is C21H19F2N7O2. The van der Waals surface area contributed by atoms with Crippen molar-refractivity contribution in [2.45, 2.75) is 18.8 Å². The smallest absolute Gasteiger partial charge is 0.255 e. The van der Waals surface area contributed by atoms with Crippen LogP contribution in [0.5, 0.6) is 5.75 Å². The molecule has 0 bridgehead atoms. The number of pyridine rings is 1. The third kappa shape index (κ3) is 3.66. The Morgan fingerprint density at radius 3 is 2.69 bits per heavy atom. The summed E-state index contributed by atoms with van der Waals surface area (Å²) in [6.45, 7) is 0.0503. The van der Waals surface area contributed by atoms with Crippen LogP contribution in [0.25, 0.3) is 28.1 Å². The summed E-state index contributed by atoms with van der Waals surface area (Å²) in [6, 6.07) is 7.17. The number of aromatic amines is 1. The fraction of sp³-hybridized carbons (Fsp3) is 0.286. The van der Waals surface area contributed by atoms with Gasteiger partial charge in [0.15, 0.2) is 11.5 Å². The number of carbonyl (C=O) groups excluding carboxylic acids is 1. The van der Waals surface area contributed by atoms with Crippen molar-refractivity contribution >= 4 is 16.9 Å². The molecule has 1 aliphatic heterocycles. The molecule has 1 aliphatic rings. The predicted molar refractivity (Wildman–Crippen MR) is 111 cm³/mol. The highest BCUT2D eigenvalue weighted by molar-refractivity contribution is 5.97. The highest BCUT2D eigenvalue weighted by atomic mass is 19.3. The molecule has 0 spiro atoms. The number of alkyl halides is 2. The average molecular weight is 439 g/mol. The lowest BCUT2D eigenvalue weighted by Crippen LogP contribution is -2.42. The van der Waals surface area contributed by atoms with Gasteiger partial charge in [-0.05, 0) is 18.2 Å². The standard InChI is InChI=1S/C21H19F2N7O2/c1-32-17-8-13(18-25-12-26-28-18)7-16(9-17)30-19-14(11-27-30)6-15(10-24-19)20(31)29-4-2-21(22,23)3-5-29/h6-12H,2-5H2,1H3,(H,25,26,28). The van der Waals surface area contributed by atoms with E-state index < -0.39 is 5.92 Å². The highest BCUT2D eigenvalue weighted by Gasteiger charge is 2.35. The van der Waals surface area contributed by atoms with Crippen LogP contribution in [-0.4, -0.2) is 66.9 Å². The number of piperidine rings is 1. The molecule has 4 aromatic rings. The van der Waals surface area contributed by atoms with Crippen LogP contribution in [0.2, 0.25) is 0 Å². The van der Waals surface area contributed by atoms with Gasteiger partial charge in [-0.15, -0.1) is 10.2 Å². The Bertz CT molecular complexity index is 1280. The number of rotatable bonds is 4. The number of fused-ring (bicyclic) bond motifs is 1. The molecule has 0 aliphatic carbocycles. The molecule has 1 fully saturated rings. The zero-order valence-corrected chi connectivity index (χ0v) is 17.1. The van der Waals surface area contributed by atoms with E-state index in [1.807, 2.05) is 12.1 Å². The molecule has 1 amide bonds. The molecule has 0 atom stereocenters. The summed E-state index contributed by atoms with van der Waals surface area (Å²) in [6.07, 6.45) is 3.90. The van der Waals surface area contributed by atoms with Crippen molar-refractivity contribution in [3.63, 3.8) is 0 Å². The van der Waals surface area contributed by atoms with E-state index >= 15 is 0 Å². The van der Waals surface area contributed by atoms with Gasteiger partial charge >= 0.3 is 0 Å². The number of methoxy groups -OCH3 is 1. The second-order valence-corrected chi connectivity index (χ2v) is 7.60. The van der Waals surface area contributed by atoms with Gasteiger partial charge in [0.1, 0.15) is 12.1 Å². The topological polar surface area (TPSA) is 102 Å². The van der Waals surface area contributed by atoms with Crippen molar-refractivity contribution in [1.29, 1.82) is 0 Å². The van der Waals surface area contributed by atoms with Crippen LogP contribution in [0.15, 0.2) is 43.0 Å². The van der Waals surface area contributed by atoms with Crippen molar-refractivity contribution < 1.29 is 18.3 Å². The first-order chi connectivity index (χ1) is 15.4. The molecule has 11 heteroatoms. The van der Waals surface area contributed by atoms with E-state index in [1.165, 1.54) is 17.4 Å². The molecule has 32 heavy (non-hydrogen) atoms. The number of nitrogens with zero attached hydrogens (tertiary/aromatic N) is 6. The quantitative estimate of drug-likeness (QED) is 0.524. The fourth-order valence-corrected chi connectivity index (χ4v) is 3.75. The Labute approximate surface area is 181 Å². The second-order valence-electron chi connectivity index (χ2n) is 7.60. The number of amides is 1. The maximum atomic E-state index is 13.4. The summed E-state index contributed by atoms with van der Waals surface area (Å²) in [7, 11) is 1.57. The van der Waals surface area contributed by atoms with Crippen molar-refractivity contribution in [3.8, 4) is 22.8 Å². The lowest BCUT2D eigenvalue weighted by molar-refractivity contribution is -0.0494. The molecular weight excluding hydrogens is 420 g/mol. The Balaban J connectivity index is 1.47. The van der Waals surface area contributed by atoms with E-state index in [0.717, 1.165) is 5.56 Å². The summed E-state index contributed by atoms with van der Waals surface area (Å²) >= 11 is 0. The van der Waals surface area contributed by atoms with Crippen LogP contribution in [0.3, 0.4) is 0 Å². The van der Waals surface area contributed by atoms with Crippen molar-refractivity contribution in [2.24, 2.45) is 0 Å². The minimum atomic E-state index is -2.71. The number of ether oxygens (including phenoxy) is 1. The van der Waals surface area contributed by atoms with Gasteiger partial charge in [-0.3, -0.25) is 4.79 Å². The number of halogens is 2. The molecule has 1 saturated heterocycles. The average Bonchev–Trinajstić information content (AvgIpc) is 3.48. The molecule has 3 aromatic heterocycles. The van der Waals surface area contributed by atoms with Gasteiger partial charge in [-0.25, -0.2) is 18.4 Å². The number of hydrogen-bond donors (Lipinski definition) is 1. The largest absolute Gasteiger partial charge is 0.497 e. The van der Waals surface area contributed by atoms with E-state index in [1.54, 1.807) is 30.1 Å². The van der Waals surface area contributed by atoms with Crippen LogP contribution in [-0.2, 0) is 0 Å². The van der Waals surface area contributed by atoms with Gasteiger partial charge in [0.05, 0.1) is 24.6 Å². The van der Waals surface area contributed by atoms with Gasteiger partial charge in [0, 0.05) is 49.1 Å². The minimum Gasteiger partial charge on any atom is -0.497 e. The zero-order chi connectivity index (χ0) is 22.3. The van der Waals surface area contributed by atoms with Gasteiger partial charge in [-0.2, -0.15) is 5.10 Å². The Morgan fingerprint density at radius 1 is 1.16 bits per heavy atom. The normalized spacial score (nSPS) is 15.8. The Morgan fingerprint density at radius 2 is 1.97 bits per heavy atom. The summed E-state index contributed by atoms with van der Waals surface area (Å²) in [5.74, 6) is -1.83. The number of benzene rings is 1. The number of nitrogens with one attached hydrogen (secondary N) is 1. The number of likely N-dealkylation sites (tertiary alicyclic amines) is 1. The number of carbonyl (C=O) groups is 1. The molecule has 5 rings (SSSR count). The Kier molecular flexibility index (Phi) is 4.80. The zero-order valence-electron chi connectivity index (χ0n) is 17.1. The fourth-order valence-electron chi connectivity index (χ4n) is 3.75. The molecule has 164 valence electrons. The number of hydrogen-bond acceptors (Lipinski definition) is 6. The molecule has 4 heterocycles. The lowest BCUT2D eigenvalue weighted by Gasteiger charge is -2.31. The van der Waals surface area contributed by atoms with Crippen LogP contribution >= 0.6 is 0 Å². The van der Waals surface area contributed by atoms with Gasteiger partial charge < -0.3 is 14.6 Å². The third-order valence-electron chi connectivity index (χ3n) is 5.50. The van der Waals surface area contributed by atoms with E-state index in [9.17, 15) is 13.6 Å². The molecule has 0 saturated carbocycles. The first kappa shape index (κ1) is 20.0. The maximum absolute atomic E-state index is 13.4. The van der Waals surface area contributed by atoms with E-state index in [0.29, 0.717) is 33.9 Å². The molecule has 1 aromatic carbocycles. The summed E-state index contributed by atoms with van der Waals surface area (Å²) < 4.78 is 33.9. The maximum Gasteiger partial charge on any atom is 0.255 e. The molecule has 0 radical (unpaired) electrons. The van der Waals surface area contributed by atoms with Crippen molar-refractivity contribution in [3.05, 3.63) is 48.5 Å². The van der Waals surface area contributed by atoms with E-state index in [2.05, 4.69) is 25.3 Å². The van der Waals surface area contributed by atoms with Crippen LogP contribution < -0.4 is 4.74 Å². The molecule has 1 N–H and O–H groups in total.